The summed E-state index contributed by atoms with van der Waals surface area (Å²) in [5, 5.41) is 5.09. The Labute approximate surface area is 223 Å². The molecule has 2 atom stereocenters. The van der Waals surface area contributed by atoms with Gasteiger partial charge in [-0.05, 0) is 50.5 Å². The van der Waals surface area contributed by atoms with Crippen molar-refractivity contribution in [2.45, 2.75) is 50.4 Å². The molecule has 1 aliphatic carbocycles. The Morgan fingerprint density at radius 2 is 1.92 bits per heavy atom. The maximum absolute atomic E-state index is 6.78. The Morgan fingerprint density at radius 3 is 2.76 bits per heavy atom. The molecule has 3 aromatic heterocycles. The van der Waals surface area contributed by atoms with E-state index < -0.39 is 0 Å². The van der Waals surface area contributed by atoms with Gasteiger partial charge in [-0.3, -0.25) is 14.6 Å². The Bertz CT molecular complexity index is 1690. The summed E-state index contributed by atoms with van der Waals surface area (Å²) in [7, 11) is 0. The van der Waals surface area contributed by atoms with E-state index in [1.807, 2.05) is 43.5 Å². The second kappa shape index (κ2) is 8.49. The first-order valence-electron chi connectivity index (χ1n) is 13.1. The number of rotatable bonds is 5. The van der Waals surface area contributed by atoms with Gasteiger partial charge >= 0.3 is 0 Å². The largest absolute Gasteiger partial charge is 0.456 e. The first kappa shape index (κ1) is 22.5. The molecule has 0 radical (unpaired) electrons. The Morgan fingerprint density at radius 1 is 1.03 bits per heavy atom. The van der Waals surface area contributed by atoms with E-state index in [4.69, 9.17) is 26.1 Å². The predicted octanol–water partition coefficient (Wildman–Crippen LogP) is 5.30. The molecule has 2 aromatic carbocycles. The number of hydrogen-bond acceptors (Lipinski definition) is 7. The molecule has 10 heteroatoms. The molecule has 2 bridgehead atoms. The molecule has 5 heterocycles. The topological polar surface area (TPSA) is 94.0 Å². The smallest absolute Gasteiger partial charge is 0.148 e. The number of aromatic amines is 1. The molecule has 0 spiro atoms. The van der Waals surface area contributed by atoms with Crippen molar-refractivity contribution >= 4 is 33.7 Å². The highest BCUT2D eigenvalue weighted by molar-refractivity contribution is 6.36. The van der Waals surface area contributed by atoms with Crippen LogP contribution < -0.4 is 4.74 Å². The molecule has 2 aliphatic heterocycles. The van der Waals surface area contributed by atoms with Gasteiger partial charge in [0.15, 0.2) is 0 Å². The normalized spacial score (nSPS) is 24.9. The summed E-state index contributed by atoms with van der Waals surface area (Å²) in [6, 6.07) is 11.1. The fourth-order valence-electron chi connectivity index (χ4n) is 6.14. The molecule has 0 amide bonds. The van der Waals surface area contributed by atoms with Gasteiger partial charge in [-0.1, -0.05) is 11.6 Å². The van der Waals surface area contributed by atoms with E-state index in [9.17, 15) is 0 Å². The number of fused-ring (bicyclic) bond motifs is 4. The molecule has 0 unspecified atom stereocenters. The van der Waals surface area contributed by atoms with Crippen LogP contribution in [-0.2, 0) is 4.74 Å². The van der Waals surface area contributed by atoms with Gasteiger partial charge < -0.3 is 14.5 Å². The van der Waals surface area contributed by atoms with Crippen LogP contribution in [0.3, 0.4) is 0 Å². The Balaban J connectivity index is 1.02. The van der Waals surface area contributed by atoms with E-state index in [1.54, 1.807) is 6.20 Å². The first-order valence-corrected chi connectivity index (χ1v) is 13.5. The summed E-state index contributed by atoms with van der Waals surface area (Å²) in [5.74, 6) is 2.05. The minimum absolute atomic E-state index is 0.418. The van der Waals surface area contributed by atoms with Gasteiger partial charge in [0.25, 0.3) is 0 Å². The number of ether oxygens (including phenoxy) is 2. The van der Waals surface area contributed by atoms with Crippen LogP contribution >= 0.6 is 11.6 Å². The van der Waals surface area contributed by atoms with Crippen LogP contribution in [0.25, 0.3) is 33.3 Å². The van der Waals surface area contributed by atoms with Gasteiger partial charge in [-0.15, -0.1) is 0 Å². The van der Waals surface area contributed by atoms with Crippen molar-refractivity contribution in [2.24, 2.45) is 0 Å². The maximum Gasteiger partial charge on any atom is 0.148 e. The van der Waals surface area contributed by atoms with Gasteiger partial charge in [0.05, 0.1) is 53.4 Å². The summed E-state index contributed by atoms with van der Waals surface area (Å²) in [6.45, 7) is 3.91. The zero-order valence-electron chi connectivity index (χ0n) is 20.8. The third kappa shape index (κ3) is 3.68. The third-order valence-corrected chi connectivity index (χ3v) is 8.55. The lowest BCUT2D eigenvalue weighted by atomic mass is 9.85. The molecule has 38 heavy (non-hydrogen) atoms. The molecule has 192 valence electrons. The summed E-state index contributed by atoms with van der Waals surface area (Å²) >= 11 is 6.78. The van der Waals surface area contributed by atoms with Crippen molar-refractivity contribution in [3.8, 4) is 22.8 Å². The molecular formula is C28H26ClN7O2. The van der Waals surface area contributed by atoms with Crippen LogP contribution in [0.1, 0.15) is 31.1 Å². The van der Waals surface area contributed by atoms with Crippen LogP contribution in [0.5, 0.6) is 11.5 Å². The predicted molar refractivity (Wildman–Crippen MR) is 144 cm³/mol. The summed E-state index contributed by atoms with van der Waals surface area (Å²) < 4.78 is 14.0. The highest BCUT2D eigenvalue weighted by Crippen LogP contribution is 2.42. The number of hydrogen-bond donors (Lipinski definition) is 1. The monoisotopic (exact) mass is 527 g/mol. The average molecular weight is 528 g/mol. The minimum atomic E-state index is 0.418. The van der Waals surface area contributed by atoms with Gasteiger partial charge in [0, 0.05) is 36.5 Å². The standard InChI is InChI=1S/C28H26ClN7O2/c1-15-32-22-3-2-20(9-24(22)33-15)38-26-5-4-23-28(27(26)29)34-25(11-30-23)16-10-31-36(12-16)18-6-17(7-18)35-13-21-8-19(35)14-37-21/h2-5,9-12,17-19,21H,6-8,13-14H2,1H3,(H,32,33)/t17?,18?,19-,21-/m0/s1. The molecular weight excluding hydrogens is 502 g/mol. The molecule has 9 nitrogen and oxygen atoms in total. The zero-order valence-corrected chi connectivity index (χ0v) is 21.6. The molecule has 5 aromatic rings. The summed E-state index contributed by atoms with van der Waals surface area (Å²) in [4.78, 5) is 19.8. The van der Waals surface area contributed by atoms with Gasteiger partial charge in [0.1, 0.15) is 27.9 Å². The maximum atomic E-state index is 6.78. The lowest BCUT2D eigenvalue weighted by molar-refractivity contribution is -0.0196. The molecule has 1 N–H and O–H groups in total. The van der Waals surface area contributed by atoms with Crippen molar-refractivity contribution in [2.75, 3.05) is 13.2 Å². The second-order valence-electron chi connectivity index (χ2n) is 10.6. The van der Waals surface area contributed by atoms with E-state index in [-0.39, 0.29) is 0 Å². The van der Waals surface area contributed by atoms with Gasteiger partial charge in [0.2, 0.25) is 0 Å². The summed E-state index contributed by atoms with van der Waals surface area (Å²) in [6.07, 6.45) is 9.62. The van der Waals surface area contributed by atoms with Gasteiger partial charge in [-0.25, -0.2) is 9.97 Å². The number of aryl methyl sites for hydroxylation is 1. The Hall–Kier alpha value is -3.53. The van der Waals surface area contributed by atoms with Crippen LogP contribution in [0, 0.1) is 6.92 Å². The molecule has 3 fully saturated rings. The average Bonchev–Trinajstić information content (AvgIpc) is 3.69. The van der Waals surface area contributed by atoms with E-state index in [2.05, 4.69) is 35.8 Å². The molecule has 3 aliphatic rings. The SMILES string of the molecule is Cc1nc2ccc(Oc3ccc4ncc(-c5cnn(C6CC(N7C[C@@H]8C[C@H]7CO8)C6)c5)nc4c3Cl)cc2[nH]1. The third-order valence-electron chi connectivity index (χ3n) is 8.19. The van der Waals surface area contributed by atoms with Crippen LogP contribution in [0.4, 0.5) is 0 Å². The minimum Gasteiger partial charge on any atom is -0.456 e. The van der Waals surface area contributed by atoms with E-state index in [0.717, 1.165) is 54.1 Å². The van der Waals surface area contributed by atoms with E-state index in [0.29, 0.717) is 51.8 Å². The molecule has 2 saturated heterocycles. The van der Waals surface area contributed by atoms with Crippen LogP contribution in [-0.4, -0.2) is 66.0 Å². The van der Waals surface area contributed by atoms with E-state index >= 15 is 0 Å². The lowest BCUT2D eigenvalue weighted by Crippen LogP contribution is -2.50. The number of halogens is 1. The number of imidazole rings is 1. The van der Waals surface area contributed by atoms with Crippen molar-refractivity contribution in [1.82, 2.24) is 34.6 Å². The van der Waals surface area contributed by atoms with Crippen LogP contribution in [0.15, 0.2) is 48.9 Å². The highest BCUT2D eigenvalue weighted by atomic mass is 35.5. The van der Waals surface area contributed by atoms with Crippen molar-refractivity contribution in [3.63, 3.8) is 0 Å². The van der Waals surface area contributed by atoms with E-state index in [1.165, 1.54) is 6.42 Å². The highest BCUT2D eigenvalue weighted by Gasteiger charge is 2.46. The molecule has 1 saturated carbocycles. The number of nitrogens with one attached hydrogen (secondary N) is 1. The zero-order chi connectivity index (χ0) is 25.4. The quantitative estimate of drug-likeness (QED) is 0.331. The lowest BCUT2D eigenvalue weighted by Gasteiger charge is -2.44. The fourth-order valence-corrected chi connectivity index (χ4v) is 6.38. The van der Waals surface area contributed by atoms with Crippen molar-refractivity contribution in [1.29, 1.82) is 0 Å². The number of morpholine rings is 1. The van der Waals surface area contributed by atoms with Gasteiger partial charge in [-0.2, -0.15) is 5.10 Å². The Kier molecular flexibility index (Phi) is 5.02. The second-order valence-corrected chi connectivity index (χ2v) is 11.0. The summed E-state index contributed by atoms with van der Waals surface area (Å²) in [5.41, 5.74) is 4.79. The number of nitrogens with zero attached hydrogens (tertiary/aromatic N) is 6. The number of aromatic nitrogens is 6. The van der Waals surface area contributed by atoms with Crippen molar-refractivity contribution < 1.29 is 9.47 Å². The number of H-pyrrole nitrogens is 1. The first-order chi connectivity index (χ1) is 18.6. The number of likely N-dealkylation sites (tertiary alicyclic amines) is 1. The van der Waals surface area contributed by atoms with Crippen LogP contribution in [0.2, 0.25) is 5.02 Å². The molecule has 8 rings (SSSR count). The number of benzene rings is 2. The van der Waals surface area contributed by atoms with Crippen molar-refractivity contribution in [3.05, 3.63) is 59.8 Å². The fraction of sp³-hybridized carbons (Fsp3) is 0.357.